The summed E-state index contributed by atoms with van der Waals surface area (Å²) in [4.78, 5) is 12.8. The Balaban J connectivity index is 1.83. The van der Waals surface area contributed by atoms with Gasteiger partial charge in [-0.15, -0.1) is 0 Å². The molecule has 3 rings (SSSR count). The van der Waals surface area contributed by atoms with E-state index in [0.717, 1.165) is 36.4 Å². The number of rotatable bonds is 10. The van der Waals surface area contributed by atoms with Crippen LogP contribution in [0.1, 0.15) is 30.0 Å². The standard InChI is InChI=1S/C22H21F5N4O3S/c23-16-5-1-14(2-6-16)11-29-35(33,34)12-18(20(32)31-21(13-28)9-10-21)30-19(22(25,26)27)15-3-7-17(24)8-4-15/h1-8,18-19,29-30H,9-12H2,(H,31,32)/t18?,19-/m1/s1. The fourth-order valence-corrected chi connectivity index (χ4v) is 4.41. The number of hydrogen-bond donors (Lipinski definition) is 3. The van der Waals surface area contributed by atoms with Crippen LogP contribution in [0.3, 0.4) is 0 Å². The average molecular weight is 516 g/mol. The van der Waals surface area contributed by atoms with Gasteiger partial charge in [0.05, 0.1) is 11.8 Å². The van der Waals surface area contributed by atoms with Crippen molar-refractivity contribution in [1.29, 1.82) is 5.26 Å². The Bertz CT molecular complexity index is 1190. The highest BCUT2D eigenvalue weighted by molar-refractivity contribution is 7.89. The third kappa shape index (κ3) is 7.45. The van der Waals surface area contributed by atoms with E-state index in [-0.39, 0.29) is 19.4 Å². The normalized spacial score (nSPS) is 16.7. The first kappa shape index (κ1) is 26.5. The lowest BCUT2D eigenvalue weighted by molar-refractivity contribution is -0.160. The quantitative estimate of drug-likeness (QED) is 0.421. The Morgan fingerprint density at radius 3 is 2.06 bits per heavy atom. The molecule has 1 unspecified atom stereocenters. The van der Waals surface area contributed by atoms with E-state index in [9.17, 15) is 40.4 Å². The molecule has 3 N–H and O–H groups in total. The first-order valence-electron chi connectivity index (χ1n) is 10.4. The zero-order valence-electron chi connectivity index (χ0n) is 18.1. The third-order valence-electron chi connectivity index (χ3n) is 5.34. The zero-order valence-corrected chi connectivity index (χ0v) is 18.9. The summed E-state index contributed by atoms with van der Waals surface area (Å²) in [5.74, 6) is -3.51. The Kier molecular flexibility index (Phi) is 7.78. The van der Waals surface area contributed by atoms with Crippen molar-refractivity contribution in [2.45, 2.75) is 43.2 Å². The second-order valence-electron chi connectivity index (χ2n) is 8.16. The minimum absolute atomic E-state index is 0.276. The molecular weight excluding hydrogens is 495 g/mol. The average Bonchev–Trinajstić information content (AvgIpc) is 3.56. The van der Waals surface area contributed by atoms with Crippen molar-refractivity contribution in [1.82, 2.24) is 15.4 Å². The molecule has 35 heavy (non-hydrogen) atoms. The number of benzene rings is 2. The highest BCUT2D eigenvalue weighted by atomic mass is 32.2. The highest BCUT2D eigenvalue weighted by Gasteiger charge is 2.48. The molecule has 1 aliphatic carbocycles. The molecule has 1 aliphatic rings. The van der Waals surface area contributed by atoms with E-state index >= 15 is 0 Å². The number of amides is 1. The maximum Gasteiger partial charge on any atom is 0.407 e. The number of nitrogens with zero attached hydrogens (tertiary/aromatic N) is 1. The lowest BCUT2D eigenvalue weighted by Crippen LogP contribution is -2.55. The SMILES string of the molecule is N#CC1(NC(=O)C(CS(=O)(=O)NCc2ccc(F)cc2)N[C@H](c2ccc(F)cc2)C(F)(F)F)CC1. The van der Waals surface area contributed by atoms with E-state index in [1.54, 1.807) is 0 Å². The van der Waals surface area contributed by atoms with Gasteiger partial charge in [0.2, 0.25) is 15.9 Å². The van der Waals surface area contributed by atoms with E-state index in [4.69, 9.17) is 0 Å². The first-order chi connectivity index (χ1) is 16.3. The van der Waals surface area contributed by atoms with Crippen LogP contribution in [0, 0.1) is 23.0 Å². The smallest absolute Gasteiger partial charge is 0.336 e. The number of carbonyl (C=O) groups is 1. The van der Waals surface area contributed by atoms with Gasteiger partial charge in [0, 0.05) is 6.54 Å². The van der Waals surface area contributed by atoms with Gasteiger partial charge in [-0.25, -0.2) is 21.9 Å². The minimum atomic E-state index is -4.96. The van der Waals surface area contributed by atoms with Crippen molar-refractivity contribution in [3.63, 3.8) is 0 Å². The maximum atomic E-state index is 13.8. The number of sulfonamides is 1. The van der Waals surface area contributed by atoms with Crippen LogP contribution < -0.4 is 15.4 Å². The highest BCUT2D eigenvalue weighted by Crippen LogP contribution is 2.35. The van der Waals surface area contributed by atoms with E-state index in [1.165, 1.54) is 12.1 Å². The molecule has 7 nitrogen and oxygen atoms in total. The number of nitriles is 1. The van der Waals surface area contributed by atoms with E-state index in [2.05, 4.69) is 10.0 Å². The number of hydrogen-bond acceptors (Lipinski definition) is 5. The van der Waals surface area contributed by atoms with Gasteiger partial charge in [0.25, 0.3) is 0 Å². The molecule has 1 amide bonds. The molecule has 0 radical (unpaired) electrons. The maximum absolute atomic E-state index is 13.8. The van der Waals surface area contributed by atoms with Gasteiger partial charge < -0.3 is 5.32 Å². The van der Waals surface area contributed by atoms with Crippen molar-refractivity contribution in [2.24, 2.45) is 0 Å². The molecule has 1 fully saturated rings. The van der Waals surface area contributed by atoms with Gasteiger partial charge in [-0.2, -0.15) is 18.4 Å². The topological polar surface area (TPSA) is 111 Å². The molecule has 0 saturated heterocycles. The predicted octanol–water partition coefficient (Wildman–Crippen LogP) is 2.82. The fourth-order valence-electron chi connectivity index (χ4n) is 3.22. The van der Waals surface area contributed by atoms with Gasteiger partial charge in [-0.05, 0) is 48.2 Å². The van der Waals surface area contributed by atoms with Crippen LogP contribution in [0.15, 0.2) is 48.5 Å². The van der Waals surface area contributed by atoms with Crippen molar-refractivity contribution in [3.05, 3.63) is 71.3 Å². The van der Waals surface area contributed by atoms with Crippen LogP contribution in [0.2, 0.25) is 0 Å². The largest absolute Gasteiger partial charge is 0.407 e. The Labute approximate surface area is 198 Å². The Morgan fingerprint density at radius 1 is 1.03 bits per heavy atom. The van der Waals surface area contributed by atoms with Crippen LogP contribution >= 0.6 is 0 Å². The summed E-state index contributed by atoms with van der Waals surface area (Å²) in [6.07, 6.45) is -4.41. The van der Waals surface area contributed by atoms with Crippen molar-refractivity contribution in [3.8, 4) is 6.07 Å². The summed E-state index contributed by atoms with van der Waals surface area (Å²) < 4.78 is 95.3. The van der Waals surface area contributed by atoms with Crippen molar-refractivity contribution < 1.29 is 35.2 Å². The molecule has 2 aromatic rings. The van der Waals surface area contributed by atoms with Crippen molar-refractivity contribution in [2.75, 3.05) is 5.75 Å². The summed E-state index contributed by atoms with van der Waals surface area (Å²) in [5, 5.41) is 13.5. The molecular formula is C22H21F5N4O3S. The third-order valence-corrected chi connectivity index (χ3v) is 6.69. The second kappa shape index (κ2) is 10.3. The Hall–Kier alpha value is -3.08. The van der Waals surface area contributed by atoms with Crippen LogP contribution in [-0.4, -0.2) is 37.8 Å². The van der Waals surface area contributed by atoms with E-state index in [1.807, 2.05) is 11.4 Å². The molecule has 0 heterocycles. The van der Waals surface area contributed by atoms with Crippen LogP contribution in [0.5, 0.6) is 0 Å². The van der Waals surface area contributed by atoms with Gasteiger partial charge in [-0.3, -0.25) is 10.1 Å². The summed E-state index contributed by atoms with van der Waals surface area (Å²) >= 11 is 0. The molecule has 2 atom stereocenters. The molecule has 0 aromatic heterocycles. The summed E-state index contributed by atoms with van der Waals surface area (Å²) in [6, 6.07) is 5.64. The molecule has 0 spiro atoms. The summed E-state index contributed by atoms with van der Waals surface area (Å²) in [5.41, 5.74) is -1.31. The molecule has 0 aliphatic heterocycles. The van der Waals surface area contributed by atoms with Crippen LogP contribution in [-0.2, 0) is 21.4 Å². The second-order valence-corrected chi connectivity index (χ2v) is 10.0. The van der Waals surface area contributed by atoms with E-state index < -0.39 is 62.7 Å². The predicted molar refractivity (Wildman–Crippen MR) is 115 cm³/mol. The van der Waals surface area contributed by atoms with Gasteiger partial charge in [0.15, 0.2) is 0 Å². The van der Waals surface area contributed by atoms with Gasteiger partial charge >= 0.3 is 6.18 Å². The minimum Gasteiger partial charge on any atom is -0.336 e. The first-order valence-corrected chi connectivity index (χ1v) is 12.0. The molecule has 13 heteroatoms. The monoisotopic (exact) mass is 516 g/mol. The van der Waals surface area contributed by atoms with Gasteiger partial charge in [0.1, 0.15) is 29.3 Å². The number of alkyl halides is 3. The summed E-state index contributed by atoms with van der Waals surface area (Å²) in [6.45, 7) is -0.292. The summed E-state index contributed by atoms with van der Waals surface area (Å²) in [7, 11) is -4.33. The number of halogens is 5. The van der Waals surface area contributed by atoms with Crippen LogP contribution in [0.25, 0.3) is 0 Å². The number of carbonyl (C=O) groups excluding carboxylic acids is 1. The van der Waals surface area contributed by atoms with Gasteiger partial charge in [-0.1, -0.05) is 24.3 Å². The lowest BCUT2D eigenvalue weighted by atomic mass is 10.0. The fraction of sp³-hybridized carbons (Fsp3) is 0.364. The van der Waals surface area contributed by atoms with Crippen molar-refractivity contribution >= 4 is 15.9 Å². The molecule has 1 saturated carbocycles. The molecule has 0 bridgehead atoms. The van der Waals surface area contributed by atoms with Crippen LogP contribution in [0.4, 0.5) is 22.0 Å². The molecule has 188 valence electrons. The lowest BCUT2D eigenvalue weighted by Gasteiger charge is -2.28. The molecule has 2 aromatic carbocycles. The zero-order chi connectivity index (χ0) is 25.9. The Morgan fingerprint density at radius 2 is 1.57 bits per heavy atom. The van der Waals surface area contributed by atoms with E-state index in [0.29, 0.717) is 5.56 Å². The number of nitrogens with one attached hydrogen (secondary N) is 3.